The summed E-state index contributed by atoms with van der Waals surface area (Å²) in [7, 11) is -11.7. The van der Waals surface area contributed by atoms with Crippen molar-refractivity contribution >= 4 is 31.8 Å². The molecule has 0 N–H and O–H groups in total. The lowest BCUT2D eigenvalue weighted by atomic mass is 10.1. The molecule has 0 amide bonds. The molecule has 228 valence electrons. The van der Waals surface area contributed by atoms with Crippen LogP contribution < -0.4 is 9.04 Å². The van der Waals surface area contributed by atoms with Gasteiger partial charge in [0.25, 0.3) is 10.0 Å². The van der Waals surface area contributed by atoms with Crippen LogP contribution in [0.15, 0.2) is 47.4 Å². The summed E-state index contributed by atoms with van der Waals surface area (Å²) < 4.78 is 158. The number of benzene rings is 2. The zero-order valence-corrected chi connectivity index (χ0v) is 22.9. The average Bonchev–Trinajstić information content (AvgIpc) is 2.79. The van der Waals surface area contributed by atoms with E-state index in [1.54, 1.807) is 20.8 Å². The summed E-state index contributed by atoms with van der Waals surface area (Å²) >= 11 is 0. The number of halogens is 7. The van der Waals surface area contributed by atoms with E-state index in [1.165, 1.54) is 0 Å². The summed E-state index contributed by atoms with van der Waals surface area (Å²) in [6.45, 7) is 3.36. The van der Waals surface area contributed by atoms with E-state index in [-0.39, 0.29) is 5.56 Å². The van der Waals surface area contributed by atoms with Crippen LogP contribution in [0.1, 0.15) is 26.3 Å². The quantitative estimate of drug-likeness (QED) is 0.189. The number of rotatable bonds is 7. The highest BCUT2D eigenvalue weighted by Crippen LogP contribution is 2.42. The van der Waals surface area contributed by atoms with Crippen molar-refractivity contribution < 1.29 is 66.0 Å². The van der Waals surface area contributed by atoms with Gasteiger partial charge in [0.15, 0.2) is 6.10 Å². The minimum atomic E-state index is -6.81. The highest BCUT2D eigenvalue weighted by Gasteiger charge is 2.58. The van der Waals surface area contributed by atoms with E-state index in [9.17, 15) is 52.4 Å². The third kappa shape index (κ3) is 7.59. The molecule has 0 spiro atoms. The Kier molecular flexibility index (Phi) is 8.64. The van der Waals surface area contributed by atoms with Crippen molar-refractivity contribution in [3.05, 3.63) is 53.8 Å². The van der Waals surface area contributed by atoms with Crippen LogP contribution in [0.3, 0.4) is 0 Å². The van der Waals surface area contributed by atoms with Crippen molar-refractivity contribution in [2.45, 2.75) is 61.6 Å². The van der Waals surface area contributed by atoms with E-state index in [1.807, 2.05) is 0 Å². The fourth-order valence-corrected chi connectivity index (χ4v) is 5.71. The second-order valence-electron chi connectivity index (χ2n) is 9.67. The van der Waals surface area contributed by atoms with Gasteiger partial charge < -0.3 is 9.47 Å². The Morgan fingerprint density at radius 3 is 2.10 bits per heavy atom. The number of hydrogen-bond acceptors (Lipinski definition) is 8. The minimum Gasteiger partial charge on any atom is -0.483 e. The van der Waals surface area contributed by atoms with Gasteiger partial charge in [0.1, 0.15) is 17.2 Å². The Hall–Kier alpha value is -3.12. The van der Waals surface area contributed by atoms with Gasteiger partial charge in [0.2, 0.25) is 6.10 Å². The molecule has 18 heteroatoms. The lowest BCUT2D eigenvalue weighted by Crippen LogP contribution is -2.55. The van der Waals surface area contributed by atoms with E-state index in [2.05, 4.69) is 4.18 Å². The highest BCUT2D eigenvalue weighted by atomic mass is 32.2. The standard InChI is InChI=1S/C23H22F7NO8S2/c1-21(2,3)38-19(32)11-13-4-9-17-16(10-13)31(40(33,34)15-7-5-14(24)6-8-15)12-18(37-17)20(22(25,26)27)39-41(35,36)23(28,29)30/h4-10,18,20H,11-12H2,1-3H3. The molecule has 0 bridgehead atoms. The Labute approximate surface area is 230 Å². The van der Waals surface area contributed by atoms with E-state index in [0.29, 0.717) is 4.31 Å². The van der Waals surface area contributed by atoms with Gasteiger partial charge in [-0.25, -0.2) is 17.0 Å². The maximum Gasteiger partial charge on any atom is 0.523 e. The summed E-state index contributed by atoms with van der Waals surface area (Å²) in [5.74, 6) is -2.23. The zero-order valence-electron chi connectivity index (χ0n) is 21.3. The molecule has 1 heterocycles. The van der Waals surface area contributed by atoms with E-state index < -0.39 is 90.7 Å². The first-order valence-electron chi connectivity index (χ1n) is 11.4. The summed E-state index contributed by atoms with van der Waals surface area (Å²) in [6, 6.07) is 6.21. The molecule has 0 fully saturated rings. The van der Waals surface area contributed by atoms with Gasteiger partial charge in [-0.15, -0.1) is 0 Å². The zero-order chi connectivity index (χ0) is 31.2. The van der Waals surface area contributed by atoms with Crippen molar-refractivity contribution in [3.63, 3.8) is 0 Å². The first-order chi connectivity index (χ1) is 18.5. The Bertz CT molecular complexity index is 1500. The predicted molar refractivity (Wildman–Crippen MR) is 127 cm³/mol. The van der Waals surface area contributed by atoms with Crippen LogP contribution in [0.5, 0.6) is 5.75 Å². The summed E-state index contributed by atoms with van der Waals surface area (Å²) in [6.07, 6.45) is -12.7. The highest BCUT2D eigenvalue weighted by molar-refractivity contribution is 7.92. The largest absolute Gasteiger partial charge is 0.523 e. The number of alkyl halides is 6. The van der Waals surface area contributed by atoms with Gasteiger partial charge in [0.05, 0.1) is 23.5 Å². The number of carbonyl (C=O) groups is 1. The lowest BCUT2D eigenvalue weighted by Gasteiger charge is -2.38. The average molecular weight is 638 g/mol. The van der Waals surface area contributed by atoms with Crippen LogP contribution in [0.2, 0.25) is 0 Å². The molecule has 2 aromatic carbocycles. The van der Waals surface area contributed by atoms with E-state index in [4.69, 9.17) is 9.47 Å². The monoisotopic (exact) mass is 637 g/mol. The molecule has 1 aliphatic rings. The molecule has 2 aromatic rings. The van der Waals surface area contributed by atoms with Gasteiger partial charge in [-0.3, -0.25) is 9.10 Å². The van der Waals surface area contributed by atoms with Gasteiger partial charge >= 0.3 is 27.8 Å². The fourth-order valence-electron chi connectivity index (χ4n) is 3.61. The number of fused-ring (bicyclic) bond motifs is 1. The maximum atomic E-state index is 13.8. The number of esters is 1. The molecular weight excluding hydrogens is 615 g/mol. The number of carbonyl (C=O) groups excluding carboxylic acids is 1. The first-order valence-corrected chi connectivity index (χ1v) is 14.2. The summed E-state index contributed by atoms with van der Waals surface area (Å²) in [5, 5.41) is 0. The number of anilines is 1. The van der Waals surface area contributed by atoms with Crippen LogP contribution in [0, 0.1) is 5.82 Å². The van der Waals surface area contributed by atoms with Crippen molar-refractivity contribution in [3.8, 4) is 5.75 Å². The SMILES string of the molecule is CC(C)(C)OC(=O)Cc1ccc2c(c1)N(S(=O)(=O)c1ccc(F)cc1)CC(C(OS(=O)(=O)C(F)(F)F)C(F)(F)F)O2. The molecule has 3 rings (SSSR count). The molecule has 0 saturated carbocycles. The molecule has 2 atom stereocenters. The van der Waals surface area contributed by atoms with Crippen LogP contribution in [0.4, 0.5) is 36.4 Å². The summed E-state index contributed by atoms with van der Waals surface area (Å²) in [4.78, 5) is 11.7. The predicted octanol–water partition coefficient (Wildman–Crippen LogP) is 4.46. The Morgan fingerprint density at radius 1 is 1.00 bits per heavy atom. The van der Waals surface area contributed by atoms with Crippen LogP contribution >= 0.6 is 0 Å². The number of hydrogen-bond donors (Lipinski definition) is 0. The third-order valence-electron chi connectivity index (χ3n) is 5.26. The Morgan fingerprint density at radius 2 is 1.59 bits per heavy atom. The normalized spacial score (nSPS) is 17.4. The van der Waals surface area contributed by atoms with E-state index in [0.717, 1.165) is 42.5 Å². The molecular formula is C23H22F7NO8S2. The van der Waals surface area contributed by atoms with Crippen molar-refractivity contribution in [1.29, 1.82) is 0 Å². The minimum absolute atomic E-state index is 0.114. The van der Waals surface area contributed by atoms with Gasteiger partial charge in [-0.05, 0) is 62.7 Å². The van der Waals surface area contributed by atoms with Crippen LogP contribution in [-0.2, 0) is 40.3 Å². The smallest absolute Gasteiger partial charge is 0.483 e. The maximum absolute atomic E-state index is 13.8. The number of sulfonamides is 1. The molecule has 9 nitrogen and oxygen atoms in total. The number of ether oxygens (including phenoxy) is 2. The summed E-state index contributed by atoms with van der Waals surface area (Å²) in [5.41, 5.74) is -7.45. The first kappa shape index (κ1) is 32.4. The molecule has 0 aliphatic carbocycles. The molecule has 41 heavy (non-hydrogen) atoms. The van der Waals surface area contributed by atoms with Crippen LogP contribution in [0.25, 0.3) is 0 Å². The van der Waals surface area contributed by atoms with E-state index >= 15 is 0 Å². The van der Waals surface area contributed by atoms with Gasteiger partial charge in [0, 0.05) is 0 Å². The van der Waals surface area contributed by atoms with Crippen LogP contribution in [-0.4, -0.2) is 58.8 Å². The van der Waals surface area contributed by atoms with Crippen molar-refractivity contribution in [1.82, 2.24) is 0 Å². The molecule has 1 aliphatic heterocycles. The molecule has 0 radical (unpaired) electrons. The fraction of sp³-hybridized carbons (Fsp3) is 0.435. The van der Waals surface area contributed by atoms with Gasteiger partial charge in [-0.2, -0.15) is 34.8 Å². The second-order valence-corrected chi connectivity index (χ2v) is 13.1. The topological polar surface area (TPSA) is 116 Å². The lowest BCUT2D eigenvalue weighted by molar-refractivity contribution is -0.218. The molecule has 0 saturated heterocycles. The molecule has 2 unspecified atom stereocenters. The van der Waals surface area contributed by atoms with Gasteiger partial charge in [-0.1, -0.05) is 6.07 Å². The number of nitrogens with zero attached hydrogens (tertiary/aromatic N) is 1. The van der Waals surface area contributed by atoms with Crippen molar-refractivity contribution in [2.75, 3.05) is 10.8 Å². The van der Waals surface area contributed by atoms with Crippen molar-refractivity contribution in [2.24, 2.45) is 0 Å². The molecule has 0 aromatic heterocycles. The third-order valence-corrected chi connectivity index (χ3v) is 8.08. The Balaban J connectivity index is 2.12. The second kappa shape index (κ2) is 10.9.